The van der Waals surface area contributed by atoms with Gasteiger partial charge < -0.3 is 19.1 Å². The third-order valence-corrected chi connectivity index (χ3v) is 3.06. The summed E-state index contributed by atoms with van der Waals surface area (Å²) in [6, 6.07) is 4.97. The Kier molecular flexibility index (Phi) is 8.20. The van der Waals surface area contributed by atoms with Gasteiger partial charge in [-0.25, -0.2) is 0 Å². The highest BCUT2D eigenvalue weighted by molar-refractivity contribution is 5.83. The summed E-state index contributed by atoms with van der Waals surface area (Å²) in [6.07, 6.45) is -4.84. The highest BCUT2D eigenvalue weighted by atomic mass is 19.4. The molecule has 0 aliphatic heterocycles. The van der Waals surface area contributed by atoms with Crippen molar-refractivity contribution < 1.29 is 37.0 Å². The zero-order valence-corrected chi connectivity index (χ0v) is 14.0. The third kappa shape index (κ3) is 8.39. The number of carbonyl (C=O) groups is 2. The average molecular weight is 363 g/mol. The van der Waals surface area contributed by atoms with Crippen molar-refractivity contribution in [1.29, 1.82) is 0 Å². The lowest BCUT2D eigenvalue weighted by Gasteiger charge is -2.21. The van der Waals surface area contributed by atoms with E-state index in [2.05, 4.69) is 4.74 Å². The minimum Gasteiger partial charge on any atom is -0.465 e. The monoisotopic (exact) mass is 363 g/mol. The second-order valence-corrected chi connectivity index (χ2v) is 4.98. The number of carbonyl (C=O) groups excluding carboxylic acids is 2. The lowest BCUT2D eigenvalue weighted by Crippen LogP contribution is -2.39. The van der Waals surface area contributed by atoms with Gasteiger partial charge in [-0.15, -0.1) is 13.2 Å². The molecule has 0 saturated heterocycles. The number of amides is 1. The summed E-state index contributed by atoms with van der Waals surface area (Å²) in [5.41, 5.74) is 0.491. The van der Waals surface area contributed by atoms with Gasteiger partial charge in [0.25, 0.3) is 0 Å². The molecular formula is C16H20F3NO5. The van der Waals surface area contributed by atoms with Gasteiger partial charge in [-0.1, -0.05) is 12.1 Å². The molecule has 25 heavy (non-hydrogen) atoms. The Labute approximate surface area is 143 Å². The van der Waals surface area contributed by atoms with E-state index >= 15 is 0 Å². The molecule has 1 rings (SSSR count). The van der Waals surface area contributed by atoms with Crippen molar-refractivity contribution in [3.05, 3.63) is 29.8 Å². The molecule has 1 aromatic rings. The van der Waals surface area contributed by atoms with E-state index in [1.807, 2.05) is 0 Å². The van der Waals surface area contributed by atoms with Crippen molar-refractivity contribution in [2.24, 2.45) is 0 Å². The summed E-state index contributed by atoms with van der Waals surface area (Å²) in [5, 5.41) is 0. The summed E-state index contributed by atoms with van der Waals surface area (Å²) in [5.74, 6) is -1.28. The fourth-order valence-corrected chi connectivity index (χ4v) is 1.95. The first-order chi connectivity index (χ1) is 11.7. The largest absolute Gasteiger partial charge is 0.573 e. The van der Waals surface area contributed by atoms with Crippen LogP contribution in [0.5, 0.6) is 5.75 Å². The van der Waals surface area contributed by atoms with Crippen LogP contribution in [-0.4, -0.2) is 56.6 Å². The van der Waals surface area contributed by atoms with Gasteiger partial charge in [-0.3, -0.25) is 9.59 Å². The Bertz CT molecular complexity index is 560. The maximum atomic E-state index is 12.3. The van der Waals surface area contributed by atoms with E-state index in [1.54, 1.807) is 6.92 Å². The topological polar surface area (TPSA) is 65.1 Å². The normalized spacial score (nSPS) is 11.1. The van der Waals surface area contributed by atoms with Crippen LogP contribution < -0.4 is 4.74 Å². The lowest BCUT2D eigenvalue weighted by atomic mass is 10.1. The van der Waals surface area contributed by atoms with Crippen LogP contribution >= 0.6 is 0 Å². The van der Waals surface area contributed by atoms with Crippen LogP contribution in [0, 0.1) is 0 Å². The van der Waals surface area contributed by atoms with Gasteiger partial charge in [0.2, 0.25) is 5.91 Å². The minimum atomic E-state index is -4.77. The summed E-state index contributed by atoms with van der Waals surface area (Å²) < 4.78 is 49.9. The van der Waals surface area contributed by atoms with E-state index in [4.69, 9.17) is 9.47 Å². The van der Waals surface area contributed by atoms with Crippen molar-refractivity contribution in [2.45, 2.75) is 19.7 Å². The highest BCUT2D eigenvalue weighted by Gasteiger charge is 2.31. The van der Waals surface area contributed by atoms with Gasteiger partial charge in [0.1, 0.15) is 12.3 Å². The van der Waals surface area contributed by atoms with E-state index in [0.717, 1.165) is 12.1 Å². The average Bonchev–Trinajstić information content (AvgIpc) is 2.52. The second-order valence-electron chi connectivity index (χ2n) is 4.98. The van der Waals surface area contributed by atoms with Gasteiger partial charge in [0.15, 0.2) is 0 Å². The standard InChI is InChI=1S/C16H20F3NO5/c1-3-24-15(22)11-20(8-9-23-2)14(21)10-12-4-6-13(7-5-12)25-16(17,18)19/h4-7H,3,8-11H2,1-2H3. The Morgan fingerprint density at radius 3 is 2.32 bits per heavy atom. The highest BCUT2D eigenvalue weighted by Crippen LogP contribution is 2.22. The second kappa shape index (κ2) is 9.87. The SMILES string of the molecule is CCOC(=O)CN(CCOC)C(=O)Cc1ccc(OC(F)(F)F)cc1. The fraction of sp³-hybridized carbons (Fsp3) is 0.500. The molecule has 1 amide bonds. The van der Waals surface area contributed by atoms with Crippen LogP contribution in [0.15, 0.2) is 24.3 Å². The van der Waals surface area contributed by atoms with Crippen LogP contribution in [0.4, 0.5) is 13.2 Å². The lowest BCUT2D eigenvalue weighted by molar-refractivity contribution is -0.274. The number of benzene rings is 1. The Balaban J connectivity index is 2.69. The zero-order valence-electron chi connectivity index (χ0n) is 14.0. The van der Waals surface area contributed by atoms with Gasteiger partial charge in [0, 0.05) is 13.7 Å². The molecule has 0 unspecified atom stereocenters. The Morgan fingerprint density at radius 2 is 1.80 bits per heavy atom. The number of alkyl halides is 3. The van der Waals surface area contributed by atoms with Crippen LogP contribution in [0.1, 0.15) is 12.5 Å². The number of rotatable bonds is 9. The first-order valence-corrected chi connectivity index (χ1v) is 7.52. The molecular weight excluding hydrogens is 343 g/mol. The number of ether oxygens (including phenoxy) is 3. The van der Waals surface area contributed by atoms with Crippen molar-refractivity contribution in [3.63, 3.8) is 0 Å². The van der Waals surface area contributed by atoms with Crippen LogP contribution in [-0.2, 0) is 25.5 Å². The molecule has 0 bridgehead atoms. The molecule has 140 valence electrons. The molecule has 0 atom stereocenters. The first kappa shape index (κ1) is 20.8. The van der Waals surface area contributed by atoms with Crippen LogP contribution in [0.3, 0.4) is 0 Å². The number of halogens is 3. The molecule has 0 aliphatic rings. The molecule has 0 aliphatic carbocycles. The smallest absolute Gasteiger partial charge is 0.465 e. The molecule has 0 saturated carbocycles. The Hall–Kier alpha value is -2.29. The number of hydrogen-bond acceptors (Lipinski definition) is 5. The van der Waals surface area contributed by atoms with Gasteiger partial charge in [-0.2, -0.15) is 0 Å². The summed E-state index contributed by atoms with van der Waals surface area (Å²) in [7, 11) is 1.46. The molecule has 0 N–H and O–H groups in total. The Morgan fingerprint density at radius 1 is 1.16 bits per heavy atom. The summed E-state index contributed by atoms with van der Waals surface area (Å²) in [4.78, 5) is 25.2. The van der Waals surface area contributed by atoms with E-state index in [1.165, 1.54) is 24.1 Å². The molecule has 9 heteroatoms. The molecule has 0 radical (unpaired) electrons. The quantitative estimate of drug-likeness (QED) is 0.629. The third-order valence-electron chi connectivity index (χ3n) is 3.06. The van der Waals surface area contributed by atoms with Crippen LogP contribution in [0.2, 0.25) is 0 Å². The zero-order chi connectivity index (χ0) is 18.9. The summed E-state index contributed by atoms with van der Waals surface area (Å²) >= 11 is 0. The maximum Gasteiger partial charge on any atom is 0.573 e. The van der Waals surface area contributed by atoms with E-state index in [-0.39, 0.29) is 44.4 Å². The molecule has 0 fully saturated rings. The number of hydrogen-bond donors (Lipinski definition) is 0. The summed E-state index contributed by atoms with van der Waals surface area (Å²) in [6.45, 7) is 2.08. The number of methoxy groups -OCH3 is 1. The van der Waals surface area contributed by atoms with Gasteiger partial charge in [0.05, 0.1) is 19.6 Å². The van der Waals surface area contributed by atoms with Crippen LogP contribution in [0.25, 0.3) is 0 Å². The number of nitrogens with zero attached hydrogens (tertiary/aromatic N) is 1. The van der Waals surface area contributed by atoms with E-state index in [9.17, 15) is 22.8 Å². The van der Waals surface area contributed by atoms with Gasteiger partial charge >= 0.3 is 12.3 Å². The van der Waals surface area contributed by atoms with Crippen molar-refractivity contribution in [2.75, 3.05) is 33.4 Å². The maximum absolute atomic E-state index is 12.3. The van der Waals surface area contributed by atoms with Gasteiger partial charge in [-0.05, 0) is 24.6 Å². The van der Waals surface area contributed by atoms with Crippen molar-refractivity contribution >= 4 is 11.9 Å². The molecule has 1 aromatic carbocycles. The first-order valence-electron chi connectivity index (χ1n) is 7.52. The predicted molar refractivity (Wildman–Crippen MR) is 81.9 cm³/mol. The molecule has 0 heterocycles. The van der Waals surface area contributed by atoms with Crippen molar-refractivity contribution in [3.8, 4) is 5.75 Å². The van der Waals surface area contributed by atoms with Crippen molar-refractivity contribution in [1.82, 2.24) is 4.90 Å². The molecule has 0 aromatic heterocycles. The molecule has 0 spiro atoms. The fourth-order valence-electron chi connectivity index (χ4n) is 1.95. The number of esters is 1. The minimum absolute atomic E-state index is 0.0740. The van der Waals surface area contributed by atoms with E-state index in [0.29, 0.717) is 5.56 Å². The molecule has 6 nitrogen and oxygen atoms in total. The van der Waals surface area contributed by atoms with E-state index < -0.39 is 12.3 Å². The predicted octanol–water partition coefficient (Wildman–Crippen LogP) is 2.17.